The van der Waals surface area contributed by atoms with Crippen molar-refractivity contribution < 1.29 is 14.3 Å². The van der Waals surface area contributed by atoms with Gasteiger partial charge in [0, 0.05) is 38.1 Å². The van der Waals surface area contributed by atoms with E-state index in [-0.39, 0.29) is 11.3 Å². The Balaban J connectivity index is 1.62. The highest BCUT2D eigenvalue weighted by Crippen LogP contribution is 2.38. The van der Waals surface area contributed by atoms with Crippen molar-refractivity contribution in [3.05, 3.63) is 23.7 Å². The van der Waals surface area contributed by atoms with E-state index in [2.05, 4.69) is 16.8 Å². The predicted molar refractivity (Wildman–Crippen MR) is 91.8 cm³/mol. The van der Waals surface area contributed by atoms with E-state index in [4.69, 9.17) is 4.42 Å². The van der Waals surface area contributed by atoms with Crippen LogP contribution in [-0.4, -0.2) is 77.6 Å². The zero-order valence-corrected chi connectivity index (χ0v) is 15.2. The second kappa shape index (κ2) is 6.17. The molecule has 0 saturated carbocycles. The number of hydrogen-bond acceptors (Lipinski definition) is 5. The monoisotopic (exact) mass is 335 g/mol. The van der Waals surface area contributed by atoms with Gasteiger partial charge in [0.1, 0.15) is 5.76 Å². The molecule has 0 aliphatic carbocycles. The van der Waals surface area contributed by atoms with Crippen molar-refractivity contribution in [2.75, 3.05) is 46.3 Å². The topological polar surface area (TPSA) is 60.2 Å². The molecule has 6 nitrogen and oxygen atoms in total. The summed E-state index contributed by atoms with van der Waals surface area (Å²) >= 11 is 0. The van der Waals surface area contributed by atoms with Gasteiger partial charge in [-0.05, 0) is 26.1 Å². The lowest BCUT2D eigenvalue weighted by Crippen LogP contribution is -2.43. The molecule has 3 heterocycles. The highest BCUT2D eigenvalue weighted by Gasteiger charge is 2.49. The van der Waals surface area contributed by atoms with Gasteiger partial charge in [0.25, 0.3) is 5.91 Å². The molecule has 1 amide bonds. The summed E-state index contributed by atoms with van der Waals surface area (Å²) in [6.45, 7) is 11.5. The summed E-state index contributed by atoms with van der Waals surface area (Å²) < 4.78 is 5.80. The lowest BCUT2D eigenvalue weighted by molar-refractivity contribution is -0.0108. The molecule has 0 unspecified atom stereocenters. The first-order chi connectivity index (χ1) is 11.2. The minimum Gasteiger partial charge on any atom is -0.455 e. The van der Waals surface area contributed by atoms with E-state index in [1.807, 2.05) is 19.9 Å². The number of β-amino-alcohol motifs (C(OH)–C–C–N with tert-alkyl or cyclic N) is 1. The zero-order valence-electron chi connectivity index (χ0n) is 15.2. The predicted octanol–water partition coefficient (Wildman–Crippen LogP) is 1.26. The van der Waals surface area contributed by atoms with Crippen LogP contribution in [0.15, 0.2) is 16.5 Å². The van der Waals surface area contributed by atoms with Crippen LogP contribution in [-0.2, 0) is 6.54 Å². The molecular formula is C18H29N3O3. The van der Waals surface area contributed by atoms with E-state index in [0.717, 1.165) is 38.5 Å². The number of nitrogens with zero attached hydrogens (tertiary/aromatic N) is 3. The van der Waals surface area contributed by atoms with Crippen molar-refractivity contribution in [2.45, 2.75) is 32.9 Å². The Morgan fingerprint density at radius 3 is 2.42 bits per heavy atom. The standard InChI is InChI=1S/C18H29N3O3/c1-17(2)12-21(13-18(17,3)23)16(22)15-6-5-14(24-15)11-20-9-7-19(4)8-10-20/h5-6,23H,7-13H2,1-4H3/t18-/m1/s1. The van der Waals surface area contributed by atoms with Gasteiger partial charge in [0.05, 0.1) is 18.7 Å². The van der Waals surface area contributed by atoms with E-state index in [1.54, 1.807) is 17.9 Å². The number of rotatable bonds is 3. The molecule has 134 valence electrons. The minimum absolute atomic E-state index is 0.134. The van der Waals surface area contributed by atoms with E-state index >= 15 is 0 Å². The molecule has 6 heteroatoms. The fourth-order valence-electron chi connectivity index (χ4n) is 3.39. The van der Waals surface area contributed by atoms with Gasteiger partial charge in [0.2, 0.25) is 0 Å². The normalized spacial score (nSPS) is 28.5. The van der Waals surface area contributed by atoms with Gasteiger partial charge in [-0.1, -0.05) is 13.8 Å². The Hall–Kier alpha value is -1.37. The van der Waals surface area contributed by atoms with Crippen LogP contribution >= 0.6 is 0 Å². The number of amides is 1. The maximum atomic E-state index is 12.7. The number of aliphatic hydroxyl groups is 1. The second-order valence-electron chi connectivity index (χ2n) is 8.16. The van der Waals surface area contributed by atoms with Gasteiger partial charge in [-0.3, -0.25) is 9.69 Å². The second-order valence-corrected chi connectivity index (χ2v) is 8.16. The van der Waals surface area contributed by atoms with Crippen LogP contribution in [0, 0.1) is 5.41 Å². The third kappa shape index (κ3) is 3.36. The highest BCUT2D eigenvalue weighted by molar-refractivity contribution is 5.92. The number of likely N-dealkylation sites (N-methyl/N-ethyl adjacent to an activating group) is 1. The molecule has 3 rings (SSSR count). The number of piperazine rings is 1. The lowest BCUT2D eigenvalue weighted by atomic mass is 9.79. The molecule has 0 aromatic carbocycles. The summed E-state index contributed by atoms with van der Waals surface area (Å²) in [6, 6.07) is 3.65. The lowest BCUT2D eigenvalue weighted by Gasteiger charge is -2.31. The van der Waals surface area contributed by atoms with Crippen molar-refractivity contribution in [1.82, 2.24) is 14.7 Å². The van der Waals surface area contributed by atoms with E-state index < -0.39 is 5.60 Å². The van der Waals surface area contributed by atoms with Crippen molar-refractivity contribution >= 4 is 5.91 Å². The zero-order chi connectivity index (χ0) is 17.5. The van der Waals surface area contributed by atoms with E-state index in [0.29, 0.717) is 18.8 Å². The van der Waals surface area contributed by atoms with E-state index in [1.165, 1.54) is 0 Å². The maximum Gasteiger partial charge on any atom is 0.289 e. The molecule has 2 fully saturated rings. The quantitative estimate of drug-likeness (QED) is 0.901. The number of carbonyl (C=O) groups is 1. The van der Waals surface area contributed by atoms with Crippen LogP contribution in [0.1, 0.15) is 37.1 Å². The summed E-state index contributed by atoms with van der Waals surface area (Å²) in [7, 11) is 2.13. The van der Waals surface area contributed by atoms with Crippen molar-refractivity contribution in [1.29, 1.82) is 0 Å². The molecule has 2 aliphatic rings. The van der Waals surface area contributed by atoms with Crippen LogP contribution in [0.2, 0.25) is 0 Å². The Kier molecular flexibility index (Phi) is 4.49. The third-order valence-electron chi connectivity index (χ3n) is 5.68. The summed E-state index contributed by atoms with van der Waals surface area (Å²) in [5.41, 5.74) is -1.20. The van der Waals surface area contributed by atoms with Crippen LogP contribution in [0.4, 0.5) is 0 Å². The van der Waals surface area contributed by atoms with Gasteiger partial charge in [0.15, 0.2) is 5.76 Å². The molecule has 0 bridgehead atoms. The Morgan fingerprint density at radius 1 is 1.17 bits per heavy atom. The average Bonchev–Trinajstić information content (AvgIpc) is 3.03. The maximum absolute atomic E-state index is 12.7. The van der Waals surface area contributed by atoms with Crippen LogP contribution < -0.4 is 0 Å². The van der Waals surface area contributed by atoms with Gasteiger partial charge in [-0.15, -0.1) is 0 Å². The molecule has 1 aromatic heterocycles. The summed E-state index contributed by atoms with van der Waals surface area (Å²) in [5.74, 6) is 1.06. The fourth-order valence-corrected chi connectivity index (χ4v) is 3.39. The average molecular weight is 335 g/mol. The molecule has 2 saturated heterocycles. The van der Waals surface area contributed by atoms with Gasteiger partial charge in [-0.2, -0.15) is 0 Å². The molecule has 1 atom stereocenters. The smallest absolute Gasteiger partial charge is 0.289 e. The van der Waals surface area contributed by atoms with E-state index in [9.17, 15) is 9.90 Å². The molecular weight excluding hydrogens is 306 g/mol. The SMILES string of the molecule is CN1CCN(Cc2ccc(C(=O)N3CC(C)(C)[C@](C)(O)C3)o2)CC1. The molecule has 1 N–H and O–H groups in total. The highest BCUT2D eigenvalue weighted by atomic mass is 16.4. The summed E-state index contributed by atoms with van der Waals surface area (Å²) in [6.07, 6.45) is 0. The minimum atomic E-state index is -0.877. The van der Waals surface area contributed by atoms with Gasteiger partial charge < -0.3 is 19.3 Å². The Bertz CT molecular complexity index is 584. The fraction of sp³-hybridized carbons (Fsp3) is 0.722. The number of furan rings is 1. The first-order valence-electron chi connectivity index (χ1n) is 8.69. The first-order valence-corrected chi connectivity index (χ1v) is 8.69. The molecule has 1 aromatic rings. The van der Waals surface area contributed by atoms with Crippen LogP contribution in [0.25, 0.3) is 0 Å². The van der Waals surface area contributed by atoms with Crippen LogP contribution in [0.5, 0.6) is 0 Å². The summed E-state index contributed by atoms with van der Waals surface area (Å²) in [5, 5.41) is 10.5. The molecule has 0 radical (unpaired) electrons. The van der Waals surface area contributed by atoms with Crippen molar-refractivity contribution in [3.63, 3.8) is 0 Å². The number of likely N-dealkylation sites (tertiary alicyclic amines) is 1. The van der Waals surface area contributed by atoms with Crippen LogP contribution in [0.3, 0.4) is 0 Å². The summed E-state index contributed by atoms with van der Waals surface area (Å²) in [4.78, 5) is 19.0. The first kappa shape index (κ1) is 17.5. The van der Waals surface area contributed by atoms with Crippen molar-refractivity contribution in [2.24, 2.45) is 5.41 Å². The largest absolute Gasteiger partial charge is 0.455 e. The third-order valence-corrected chi connectivity index (χ3v) is 5.68. The molecule has 24 heavy (non-hydrogen) atoms. The Morgan fingerprint density at radius 2 is 1.83 bits per heavy atom. The van der Waals surface area contributed by atoms with Gasteiger partial charge in [-0.25, -0.2) is 0 Å². The van der Waals surface area contributed by atoms with Gasteiger partial charge >= 0.3 is 0 Å². The molecule has 0 spiro atoms. The van der Waals surface area contributed by atoms with Crippen molar-refractivity contribution in [3.8, 4) is 0 Å². The molecule has 2 aliphatic heterocycles. The number of hydrogen-bond donors (Lipinski definition) is 1. The number of carbonyl (C=O) groups excluding carboxylic acids is 1. The Labute approximate surface area is 144 Å².